The van der Waals surface area contributed by atoms with E-state index >= 15 is 0 Å². The minimum absolute atomic E-state index is 0.479. The average Bonchev–Trinajstić information content (AvgIpc) is 3.32. The summed E-state index contributed by atoms with van der Waals surface area (Å²) in [6, 6.07) is 8.49. The minimum Gasteiger partial charge on any atom is -0.378 e. The Morgan fingerprint density at radius 3 is 2.95 bits per heavy atom. The molecule has 0 amide bonds. The first kappa shape index (κ1) is 13.9. The summed E-state index contributed by atoms with van der Waals surface area (Å²) in [4.78, 5) is 4.37. The van der Waals surface area contributed by atoms with Gasteiger partial charge in [0.15, 0.2) is 5.82 Å². The average molecular weight is 298 g/mol. The highest BCUT2D eigenvalue weighted by atomic mass is 16.5. The molecule has 3 heterocycles. The Morgan fingerprint density at radius 1 is 1.18 bits per heavy atom. The van der Waals surface area contributed by atoms with E-state index in [4.69, 9.17) is 4.74 Å². The van der Waals surface area contributed by atoms with Gasteiger partial charge in [0.2, 0.25) is 0 Å². The van der Waals surface area contributed by atoms with Gasteiger partial charge in [-0.25, -0.2) is 9.67 Å². The van der Waals surface area contributed by atoms with Gasteiger partial charge in [0.05, 0.1) is 11.8 Å². The Kier molecular flexibility index (Phi) is 3.91. The molecule has 1 aliphatic heterocycles. The van der Waals surface area contributed by atoms with Crippen molar-refractivity contribution in [3.8, 4) is 5.82 Å². The van der Waals surface area contributed by atoms with Gasteiger partial charge in [-0.2, -0.15) is 5.10 Å². The molecule has 0 radical (unpaired) electrons. The number of nitrogens with zero attached hydrogens (tertiary/aromatic N) is 3. The van der Waals surface area contributed by atoms with Crippen molar-refractivity contribution in [1.29, 1.82) is 0 Å². The number of hydrogen-bond donors (Lipinski definition) is 1. The molecule has 1 saturated carbocycles. The molecule has 22 heavy (non-hydrogen) atoms. The van der Waals surface area contributed by atoms with Crippen LogP contribution in [0.4, 0.5) is 0 Å². The molecule has 116 valence electrons. The number of nitrogens with one attached hydrogen (secondary N) is 1. The Labute approximate surface area is 130 Å². The van der Waals surface area contributed by atoms with E-state index < -0.39 is 0 Å². The first-order chi connectivity index (χ1) is 10.9. The van der Waals surface area contributed by atoms with E-state index in [1.165, 1.54) is 12.8 Å². The molecule has 5 heteroatoms. The van der Waals surface area contributed by atoms with Gasteiger partial charge >= 0.3 is 0 Å². The molecule has 2 aromatic heterocycles. The third-order valence-electron chi connectivity index (χ3n) is 4.62. The molecule has 0 spiro atoms. The molecule has 2 aromatic rings. The lowest BCUT2D eigenvalue weighted by Crippen LogP contribution is -2.39. The Bertz CT molecular complexity index is 608. The van der Waals surface area contributed by atoms with Crippen LogP contribution < -0.4 is 5.32 Å². The number of pyridine rings is 1. The second kappa shape index (κ2) is 6.18. The molecule has 0 bridgehead atoms. The smallest absolute Gasteiger partial charge is 0.153 e. The topological polar surface area (TPSA) is 52.0 Å². The van der Waals surface area contributed by atoms with Gasteiger partial charge in [-0.3, -0.25) is 0 Å². The molecule has 5 nitrogen and oxygen atoms in total. The Hall–Kier alpha value is -1.72. The highest BCUT2D eigenvalue weighted by molar-refractivity contribution is 5.23. The normalized spacial score (nSPS) is 25.3. The lowest BCUT2D eigenvalue weighted by molar-refractivity contribution is -0.0114. The Balaban J connectivity index is 1.39. The maximum absolute atomic E-state index is 5.89. The van der Waals surface area contributed by atoms with Gasteiger partial charge in [-0.15, -0.1) is 0 Å². The fourth-order valence-electron chi connectivity index (χ4n) is 3.21. The minimum atomic E-state index is 0.479. The van der Waals surface area contributed by atoms with Crippen molar-refractivity contribution in [3.63, 3.8) is 0 Å². The van der Waals surface area contributed by atoms with Crippen molar-refractivity contribution < 1.29 is 4.74 Å². The number of ether oxygens (including phenoxy) is 1. The summed E-state index contributed by atoms with van der Waals surface area (Å²) < 4.78 is 7.80. The van der Waals surface area contributed by atoms with E-state index in [2.05, 4.69) is 21.5 Å². The predicted molar refractivity (Wildman–Crippen MR) is 83.7 cm³/mol. The zero-order valence-electron chi connectivity index (χ0n) is 12.7. The van der Waals surface area contributed by atoms with Crippen LogP contribution in [-0.2, 0) is 11.3 Å². The lowest BCUT2D eigenvalue weighted by atomic mass is 10.00. The third-order valence-corrected chi connectivity index (χ3v) is 4.62. The molecular formula is C17H22N4O. The van der Waals surface area contributed by atoms with Gasteiger partial charge in [0.25, 0.3) is 0 Å². The van der Waals surface area contributed by atoms with Gasteiger partial charge in [-0.1, -0.05) is 6.07 Å². The summed E-state index contributed by atoms with van der Waals surface area (Å²) in [7, 11) is 0. The standard InChI is InChI=1S/C17H22N4O/c1-2-8-18-17(3-1)21-15(6-9-20-21)12-19-14-7-10-22-16(11-14)13-4-5-13/h1-3,6,8-9,13-14,16,19H,4-5,7,10-12H2. The third kappa shape index (κ3) is 3.05. The van der Waals surface area contributed by atoms with Crippen LogP contribution in [-0.4, -0.2) is 33.5 Å². The second-order valence-electron chi connectivity index (χ2n) is 6.27. The first-order valence-corrected chi connectivity index (χ1v) is 8.19. The van der Waals surface area contributed by atoms with Gasteiger partial charge in [0.1, 0.15) is 0 Å². The molecular weight excluding hydrogens is 276 g/mol. The quantitative estimate of drug-likeness (QED) is 0.920. The van der Waals surface area contributed by atoms with Crippen LogP contribution in [0.3, 0.4) is 0 Å². The van der Waals surface area contributed by atoms with E-state index in [9.17, 15) is 0 Å². The molecule has 4 rings (SSSR count). The first-order valence-electron chi connectivity index (χ1n) is 8.19. The van der Waals surface area contributed by atoms with Crippen molar-refractivity contribution >= 4 is 0 Å². The van der Waals surface area contributed by atoms with Crippen LogP contribution in [0.1, 0.15) is 31.4 Å². The molecule has 2 fully saturated rings. The van der Waals surface area contributed by atoms with Gasteiger partial charge < -0.3 is 10.1 Å². The van der Waals surface area contributed by atoms with Crippen molar-refractivity contribution in [1.82, 2.24) is 20.1 Å². The summed E-state index contributed by atoms with van der Waals surface area (Å²) in [6.07, 6.45) is 9.05. The fraction of sp³-hybridized carbons (Fsp3) is 0.529. The van der Waals surface area contributed by atoms with E-state index in [1.54, 1.807) is 6.20 Å². The molecule has 1 N–H and O–H groups in total. The molecule has 2 aliphatic rings. The number of hydrogen-bond acceptors (Lipinski definition) is 4. The number of rotatable bonds is 5. The van der Waals surface area contributed by atoms with Crippen LogP contribution in [0.2, 0.25) is 0 Å². The van der Waals surface area contributed by atoms with Crippen LogP contribution in [0.25, 0.3) is 5.82 Å². The van der Waals surface area contributed by atoms with Crippen molar-refractivity contribution in [3.05, 3.63) is 42.4 Å². The monoisotopic (exact) mass is 298 g/mol. The summed E-state index contributed by atoms with van der Waals surface area (Å²) in [6.45, 7) is 1.71. The van der Waals surface area contributed by atoms with Crippen LogP contribution >= 0.6 is 0 Å². The van der Waals surface area contributed by atoms with E-state index in [0.717, 1.165) is 43.4 Å². The number of aromatic nitrogens is 3. The van der Waals surface area contributed by atoms with E-state index in [-0.39, 0.29) is 0 Å². The summed E-state index contributed by atoms with van der Waals surface area (Å²) in [5.41, 5.74) is 1.15. The van der Waals surface area contributed by atoms with Crippen molar-refractivity contribution in [2.45, 2.75) is 44.4 Å². The summed E-state index contributed by atoms with van der Waals surface area (Å²) in [5.74, 6) is 1.69. The van der Waals surface area contributed by atoms with Crippen LogP contribution in [0.5, 0.6) is 0 Å². The van der Waals surface area contributed by atoms with E-state index in [0.29, 0.717) is 12.1 Å². The van der Waals surface area contributed by atoms with E-state index in [1.807, 2.05) is 29.1 Å². The lowest BCUT2D eigenvalue weighted by Gasteiger charge is -2.30. The largest absolute Gasteiger partial charge is 0.378 e. The van der Waals surface area contributed by atoms with Gasteiger partial charge in [0, 0.05) is 31.6 Å². The SMILES string of the molecule is c1ccc(-n2nccc2CNC2CCOC(C3CC3)C2)nc1. The maximum Gasteiger partial charge on any atom is 0.153 e. The summed E-state index contributed by atoms with van der Waals surface area (Å²) in [5, 5.41) is 8.07. The zero-order chi connectivity index (χ0) is 14.8. The molecule has 0 aromatic carbocycles. The molecule has 2 atom stereocenters. The molecule has 1 saturated heterocycles. The molecule has 2 unspecified atom stereocenters. The Morgan fingerprint density at radius 2 is 2.14 bits per heavy atom. The second-order valence-corrected chi connectivity index (χ2v) is 6.27. The van der Waals surface area contributed by atoms with Gasteiger partial charge in [-0.05, 0) is 49.8 Å². The highest BCUT2D eigenvalue weighted by Crippen LogP contribution is 2.38. The zero-order valence-corrected chi connectivity index (χ0v) is 12.7. The van der Waals surface area contributed by atoms with Crippen molar-refractivity contribution in [2.24, 2.45) is 5.92 Å². The van der Waals surface area contributed by atoms with Crippen LogP contribution in [0.15, 0.2) is 36.7 Å². The fourth-order valence-corrected chi connectivity index (χ4v) is 3.21. The van der Waals surface area contributed by atoms with Crippen LogP contribution in [0, 0.1) is 5.92 Å². The summed E-state index contributed by atoms with van der Waals surface area (Å²) >= 11 is 0. The van der Waals surface area contributed by atoms with Crippen molar-refractivity contribution in [2.75, 3.05) is 6.61 Å². The maximum atomic E-state index is 5.89. The predicted octanol–water partition coefficient (Wildman–Crippen LogP) is 2.31. The highest BCUT2D eigenvalue weighted by Gasteiger charge is 2.35. The molecule has 1 aliphatic carbocycles.